The van der Waals surface area contributed by atoms with Crippen LogP contribution in [0, 0.1) is 21.4 Å². The van der Waals surface area contributed by atoms with Gasteiger partial charge in [0, 0.05) is 26.2 Å². The minimum Gasteiger partial charge on any atom is -0.423 e. The fourth-order valence-corrected chi connectivity index (χ4v) is 3.25. The van der Waals surface area contributed by atoms with E-state index in [4.69, 9.17) is 22.1 Å². The van der Waals surface area contributed by atoms with Gasteiger partial charge in [-0.05, 0) is 11.6 Å². The van der Waals surface area contributed by atoms with Crippen LogP contribution in [0.5, 0.6) is 5.88 Å². The van der Waals surface area contributed by atoms with Crippen molar-refractivity contribution in [1.82, 2.24) is 9.13 Å². The number of halogens is 1. The van der Waals surface area contributed by atoms with Crippen LogP contribution in [0.2, 0.25) is 5.02 Å². The minimum atomic E-state index is -1.04. The van der Waals surface area contributed by atoms with Gasteiger partial charge in [-0.1, -0.05) is 11.6 Å². The summed E-state index contributed by atoms with van der Waals surface area (Å²) in [5.41, 5.74) is 4.40. The van der Waals surface area contributed by atoms with Gasteiger partial charge in [-0.2, -0.15) is 5.26 Å². The summed E-state index contributed by atoms with van der Waals surface area (Å²) in [6, 6.07) is 5.55. The Labute approximate surface area is 156 Å². The number of hydrogen-bond acceptors (Lipinski definition) is 7. The standard InChI is InChI=1S/C16H12ClN5O5/c1-20-14(23)12-11(8-4-3-7(22(25)26)5-10(8)17)9(6-18)13(19)27-15(12)21(2)16(20)24/h3-5,11H,19H2,1-2H3/t11-/m0/s1. The maximum atomic E-state index is 12.8. The van der Waals surface area contributed by atoms with E-state index in [0.717, 1.165) is 15.2 Å². The topological polar surface area (TPSA) is 146 Å². The molecule has 10 nitrogen and oxygen atoms in total. The third-order valence-electron chi connectivity index (χ3n) is 4.32. The number of allylic oxidation sites excluding steroid dienone is 1. The Morgan fingerprint density at radius 2 is 2.00 bits per heavy atom. The second-order valence-electron chi connectivity index (χ2n) is 5.81. The molecule has 0 radical (unpaired) electrons. The van der Waals surface area contributed by atoms with Gasteiger partial charge in [-0.15, -0.1) is 0 Å². The molecule has 0 unspecified atom stereocenters. The second-order valence-corrected chi connectivity index (χ2v) is 6.22. The number of fused-ring (bicyclic) bond motifs is 1. The first-order valence-corrected chi connectivity index (χ1v) is 7.88. The fraction of sp³-hybridized carbons (Fsp3) is 0.188. The van der Waals surface area contributed by atoms with E-state index in [1.54, 1.807) is 0 Å². The van der Waals surface area contributed by atoms with Gasteiger partial charge in [0.25, 0.3) is 11.2 Å². The monoisotopic (exact) mass is 389 g/mol. The summed E-state index contributed by atoms with van der Waals surface area (Å²) in [4.78, 5) is 35.3. The van der Waals surface area contributed by atoms with Crippen molar-refractivity contribution >= 4 is 17.3 Å². The molecule has 2 N–H and O–H groups in total. The number of nitriles is 1. The van der Waals surface area contributed by atoms with E-state index in [1.165, 1.54) is 26.2 Å². The smallest absolute Gasteiger partial charge is 0.333 e. The maximum Gasteiger partial charge on any atom is 0.333 e. The zero-order valence-electron chi connectivity index (χ0n) is 14.1. The lowest BCUT2D eigenvalue weighted by Gasteiger charge is -2.27. The molecule has 0 spiro atoms. The SMILES string of the molecule is Cn1c2c(c(=O)n(C)c1=O)[C@@H](c1ccc([N+](=O)[O-])cc1Cl)C(C#N)=C(N)O2. The third-order valence-corrected chi connectivity index (χ3v) is 4.65. The Balaban J connectivity index is 2.40. The van der Waals surface area contributed by atoms with Crippen molar-refractivity contribution in [2.24, 2.45) is 19.8 Å². The molecule has 1 atom stereocenters. The predicted molar refractivity (Wildman–Crippen MR) is 94.3 cm³/mol. The average Bonchev–Trinajstić information content (AvgIpc) is 2.63. The number of hydrogen-bond donors (Lipinski definition) is 1. The number of nitro benzene ring substituents is 1. The van der Waals surface area contributed by atoms with Crippen molar-refractivity contribution in [3.05, 3.63) is 76.8 Å². The number of nitro groups is 1. The fourth-order valence-electron chi connectivity index (χ4n) is 2.96. The number of nitrogens with zero attached hydrogens (tertiary/aromatic N) is 4. The summed E-state index contributed by atoms with van der Waals surface area (Å²) in [6.07, 6.45) is 0. The molecule has 1 aliphatic rings. The maximum absolute atomic E-state index is 12.8. The first-order valence-electron chi connectivity index (χ1n) is 7.50. The van der Waals surface area contributed by atoms with Crippen LogP contribution in [0.3, 0.4) is 0 Å². The van der Waals surface area contributed by atoms with Crippen molar-refractivity contribution in [3.8, 4) is 11.9 Å². The molecule has 3 rings (SSSR count). The molecule has 0 amide bonds. The lowest BCUT2D eigenvalue weighted by atomic mass is 9.85. The van der Waals surface area contributed by atoms with Crippen LogP contribution in [0.25, 0.3) is 0 Å². The Kier molecular flexibility index (Phi) is 4.25. The van der Waals surface area contributed by atoms with E-state index in [1.807, 2.05) is 6.07 Å². The van der Waals surface area contributed by atoms with Crippen LogP contribution in [0.4, 0.5) is 5.69 Å². The highest BCUT2D eigenvalue weighted by Crippen LogP contribution is 2.42. The Morgan fingerprint density at radius 1 is 1.33 bits per heavy atom. The molecular weight excluding hydrogens is 378 g/mol. The van der Waals surface area contributed by atoms with Gasteiger partial charge in [-0.25, -0.2) is 4.79 Å². The number of non-ortho nitro benzene ring substituents is 1. The zero-order valence-corrected chi connectivity index (χ0v) is 14.9. The Hall–Kier alpha value is -3.58. The van der Waals surface area contributed by atoms with E-state index >= 15 is 0 Å². The van der Waals surface area contributed by atoms with Crippen molar-refractivity contribution in [3.63, 3.8) is 0 Å². The molecule has 1 aromatic heterocycles. The van der Waals surface area contributed by atoms with Crippen LogP contribution in [0.1, 0.15) is 17.0 Å². The number of nitrogens with two attached hydrogens (primary N) is 1. The quantitative estimate of drug-likeness (QED) is 0.591. The number of aromatic nitrogens is 2. The van der Waals surface area contributed by atoms with Gasteiger partial charge < -0.3 is 10.5 Å². The van der Waals surface area contributed by atoms with E-state index < -0.39 is 22.1 Å². The van der Waals surface area contributed by atoms with Crippen molar-refractivity contribution in [2.45, 2.75) is 5.92 Å². The van der Waals surface area contributed by atoms with Crippen molar-refractivity contribution < 1.29 is 9.66 Å². The van der Waals surface area contributed by atoms with Gasteiger partial charge in [0.15, 0.2) is 0 Å². The zero-order chi connectivity index (χ0) is 20.0. The van der Waals surface area contributed by atoms with Gasteiger partial charge in [0.1, 0.15) is 11.6 Å². The highest BCUT2D eigenvalue weighted by Gasteiger charge is 2.37. The summed E-state index contributed by atoms with van der Waals surface area (Å²) in [5, 5.41) is 20.5. The first kappa shape index (κ1) is 18.2. The lowest BCUT2D eigenvalue weighted by Crippen LogP contribution is -2.42. The number of ether oxygens (including phenoxy) is 1. The summed E-state index contributed by atoms with van der Waals surface area (Å²) in [6.45, 7) is 0. The number of benzene rings is 1. The van der Waals surface area contributed by atoms with E-state index in [-0.39, 0.29) is 39.2 Å². The Morgan fingerprint density at radius 3 is 2.56 bits per heavy atom. The highest BCUT2D eigenvalue weighted by molar-refractivity contribution is 6.31. The normalized spacial score (nSPS) is 15.7. The summed E-state index contributed by atoms with van der Waals surface area (Å²) >= 11 is 6.21. The molecule has 11 heteroatoms. The molecule has 1 aliphatic heterocycles. The lowest BCUT2D eigenvalue weighted by molar-refractivity contribution is -0.384. The molecule has 2 aromatic rings. The van der Waals surface area contributed by atoms with Gasteiger partial charge in [0.05, 0.1) is 21.4 Å². The van der Waals surface area contributed by atoms with Crippen LogP contribution >= 0.6 is 11.6 Å². The van der Waals surface area contributed by atoms with Crippen LogP contribution < -0.4 is 21.7 Å². The van der Waals surface area contributed by atoms with Gasteiger partial charge in [0.2, 0.25) is 11.8 Å². The molecule has 27 heavy (non-hydrogen) atoms. The molecule has 2 heterocycles. The predicted octanol–water partition coefficient (Wildman–Crippen LogP) is 0.864. The molecule has 0 saturated carbocycles. The molecule has 1 aromatic carbocycles. The van der Waals surface area contributed by atoms with Crippen LogP contribution in [-0.4, -0.2) is 14.1 Å². The third kappa shape index (κ3) is 2.65. The van der Waals surface area contributed by atoms with Crippen molar-refractivity contribution in [2.75, 3.05) is 0 Å². The molecule has 0 bridgehead atoms. The molecular formula is C16H12ClN5O5. The van der Waals surface area contributed by atoms with Crippen LogP contribution in [-0.2, 0) is 14.1 Å². The summed E-state index contributed by atoms with van der Waals surface area (Å²) in [7, 11) is 2.67. The van der Waals surface area contributed by atoms with E-state index in [0.29, 0.717) is 0 Å². The molecule has 0 aliphatic carbocycles. The molecule has 0 fully saturated rings. The van der Waals surface area contributed by atoms with Crippen LogP contribution in [0.15, 0.2) is 39.2 Å². The Bertz CT molecular complexity index is 1190. The first-order chi connectivity index (χ1) is 12.7. The molecule has 0 saturated heterocycles. The molecule has 138 valence electrons. The van der Waals surface area contributed by atoms with E-state index in [9.17, 15) is 25.0 Å². The average molecular weight is 390 g/mol. The van der Waals surface area contributed by atoms with Crippen molar-refractivity contribution in [1.29, 1.82) is 5.26 Å². The summed E-state index contributed by atoms with van der Waals surface area (Å²) < 4.78 is 7.32. The van der Waals surface area contributed by atoms with Gasteiger partial charge in [-0.3, -0.25) is 24.0 Å². The minimum absolute atomic E-state index is 0.0129. The highest BCUT2D eigenvalue weighted by atomic mass is 35.5. The number of rotatable bonds is 2. The summed E-state index contributed by atoms with van der Waals surface area (Å²) in [5.74, 6) is -1.44. The van der Waals surface area contributed by atoms with E-state index in [2.05, 4.69) is 0 Å². The largest absolute Gasteiger partial charge is 0.423 e. The van der Waals surface area contributed by atoms with Gasteiger partial charge >= 0.3 is 5.69 Å². The second kappa shape index (κ2) is 6.30.